The van der Waals surface area contributed by atoms with E-state index in [0.717, 1.165) is 5.69 Å². The van der Waals surface area contributed by atoms with Gasteiger partial charge in [-0.1, -0.05) is 18.2 Å². The number of ether oxygens (including phenoxy) is 1. The summed E-state index contributed by atoms with van der Waals surface area (Å²) in [6.07, 6.45) is -0.550. The van der Waals surface area contributed by atoms with Gasteiger partial charge in [0.15, 0.2) is 0 Å². The number of hydrogen-bond acceptors (Lipinski definition) is 3. The van der Waals surface area contributed by atoms with Crippen molar-refractivity contribution in [1.29, 1.82) is 0 Å². The summed E-state index contributed by atoms with van der Waals surface area (Å²) in [5.41, 5.74) is 1.21. The number of rotatable bonds is 3. The standard InChI is InChI=1S/C15H14N2O3/c1-16-15(19)20-13-9-7-11(8-10-13)14(18)17-12-5-3-2-4-6-12/h2-10H,1H3,(H,16,19)(H,17,18). The normalized spacial score (nSPS) is 9.65. The lowest BCUT2D eigenvalue weighted by Crippen LogP contribution is -2.22. The van der Waals surface area contributed by atoms with E-state index in [1.54, 1.807) is 36.4 Å². The van der Waals surface area contributed by atoms with Gasteiger partial charge in [0.1, 0.15) is 5.75 Å². The molecule has 0 spiro atoms. The Morgan fingerprint density at radius 2 is 1.60 bits per heavy atom. The fourth-order valence-electron chi connectivity index (χ4n) is 1.56. The average molecular weight is 270 g/mol. The van der Waals surface area contributed by atoms with Crippen LogP contribution < -0.4 is 15.4 Å². The zero-order valence-electron chi connectivity index (χ0n) is 10.9. The molecule has 0 unspecified atom stereocenters. The fourth-order valence-corrected chi connectivity index (χ4v) is 1.56. The Kier molecular flexibility index (Phi) is 4.34. The Labute approximate surface area is 116 Å². The number of benzene rings is 2. The lowest BCUT2D eigenvalue weighted by molar-refractivity contribution is 0.102. The van der Waals surface area contributed by atoms with E-state index in [-0.39, 0.29) is 5.91 Å². The number of para-hydroxylation sites is 1. The predicted octanol–water partition coefficient (Wildman–Crippen LogP) is 2.66. The minimum Gasteiger partial charge on any atom is -0.410 e. The quantitative estimate of drug-likeness (QED) is 0.901. The molecule has 0 saturated carbocycles. The second-order valence-corrected chi connectivity index (χ2v) is 3.98. The summed E-state index contributed by atoms with van der Waals surface area (Å²) < 4.78 is 4.93. The Morgan fingerprint density at radius 3 is 2.20 bits per heavy atom. The molecule has 2 aromatic rings. The van der Waals surface area contributed by atoms with Crippen LogP contribution in [0, 0.1) is 0 Å². The van der Waals surface area contributed by atoms with E-state index >= 15 is 0 Å². The maximum absolute atomic E-state index is 12.0. The minimum atomic E-state index is -0.550. The molecule has 0 atom stereocenters. The van der Waals surface area contributed by atoms with E-state index in [0.29, 0.717) is 11.3 Å². The summed E-state index contributed by atoms with van der Waals surface area (Å²) in [6.45, 7) is 0. The van der Waals surface area contributed by atoms with Crippen molar-refractivity contribution in [2.75, 3.05) is 12.4 Å². The Hall–Kier alpha value is -2.82. The van der Waals surface area contributed by atoms with Crippen molar-refractivity contribution in [1.82, 2.24) is 5.32 Å². The highest BCUT2D eigenvalue weighted by molar-refractivity contribution is 6.04. The molecule has 0 fully saturated rings. The van der Waals surface area contributed by atoms with Crippen LogP contribution in [0.5, 0.6) is 5.75 Å². The van der Waals surface area contributed by atoms with Crippen molar-refractivity contribution in [3.63, 3.8) is 0 Å². The second-order valence-electron chi connectivity index (χ2n) is 3.98. The summed E-state index contributed by atoms with van der Waals surface area (Å²) in [5, 5.41) is 5.11. The molecule has 0 aliphatic heterocycles. The topological polar surface area (TPSA) is 67.4 Å². The zero-order valence-corrected chi connectivity index (χ0v) is 10.9. The molecule has 2 N–H and O–H groups in total. The van der Waals surface area contributed by atoms with E-state index in [2.05, 4.69) is 10.6 Å². The minimum absolute atomic E-state index is 0.220. The summed E-state index contributed by atoms with van der Waals surface area (Å²) in [7, 11) is 1.48. The van der Waals surface area contributed by atoms with Crippen LogP contribution in [0.15, 0.2) is 54.6 Å². The highest BCUT2D eigenvalue weighted by atomic mass is 16.5. The molecule has 0 aromatic heterocycles. The first kappa shape index (κ1) is 13.6. The van der Waals surface area contributed by atoms with Gasteiger partial charge in [0.25, 0.3) is 5.91 Å². The first-order valence-electron chi connectivity index (χ1n) is 6.05. The lowest BCUT2D eigenvalue weighted by Gasteiger charge is -2.06. The van der Waals surface area contributed by atoms with Gasteiger partial charge < -0.3 is 15.4 Å². The first-order chi connectivity index (χ1) is 9.69. The summed E-state index contributed by atoms with van der Waals surface area (Å²) >= 11 is 0. The van der Waals surface area contributed by atoms with Gasteiger partial charge in [0.2, 0.25) is 0 Å². The van der Waals surface area contributed by atoms with Crippen LogP contribution in [0.3, 0.4) is 0 Å². The third-order valence-electron chi connectivity index (χ3n) is 2.56. The molecule has 102 valence electrons. The summed E-state index contributed by atoms with van der Waals surface area (Å²) in [6, 6.07) is 15.5. The number of carbonyl (C=O) groups is 2. The zero-order chi connectivity index (χ0) is 14.4. The van der Waals surface area contributed by atoms with Crippen molar-refractivity contribution < 1.29 is 14.3 Å². The van der Waals surface area contributed by atoms with Crippen molar-refractivity contribution in [2.45, 2.75) is 0 Å². The van der Waals surface area contributed by atoms with Crippen LogP contribution in [0.4, 0.5) is 10.5 Å². The molecule has 0 aliphatic carbocycles. The van der Waals surface area contributed by atoms with E-state index in [1.165, 1.54) is 7.05 Å². The van der Waals surface area contributed by atoms with Gasteiger partial charge >= 0.3 is 6.09 Å². The molecule has 5 heteroatoms. The Balaban J connectivity index is 2.02. The third kappa shape index (κ3) is 3.58. The predicted molar refractivity (Wildman–Crippen MR) is 75.9 cm³/mol. The van der Waals surface area contributed by atoms with Crippen molar-refractivity contribution in [2.24, 2.45) is 0 Å². The Bertz CT molecular complexity index is 594. The number of anilines is 1. The van der Waals surface area contributed by atoms with Crippen LogP contribution in [-0.4, -0.2) is 19.0 Å². The van der Waals surface area contributed by atoms with Crippen LogP contribution >= 0.6 is 0 Å². The average Bonchev–Trinajstić information content (AvgIpc) is 2.49. The molecule has 20 heavy (non-hydrogen) atoms. The van der Waals surface area contributed by atoms with Crippen LogP contribution in [0.2, 0.25) is 0 Å². The molecule has 2 aromatic carbocycles. The van der Waals surface area contributed by atoms with Crippen LogP contribution in [0.1, 0.15) is 10.4 Å². The van der Waals surface area contributed by atoms with Crippen LogP contribution in [0.25, 0.3) is 0 Å². The van der Waals surface area contributed by atoms with Crippen molar-refractivity contribution in [3.8, 4) is 5.75 Å². The largest absolute Gasteiger partial charge is 0.412 e. The van der Waals surface area contributed by atoms with Gasteiger partial charge in [-0.05, 0) is 36.4 Å². The SMILES string of the molecule is CNC(=O)Oc1ccc(C(=O)Nc2ccccc2)cc1. The van der Waals surface area contributed by atoms with Crippen LogP contribution in [-0.2, 0) is 0 Å². The van der Waals surface area contributed by atoms with Crippen molar-refractivity contribution >= 4 is 17.7 Å². The van der Waals surface area contributed by atoms with E-state index in [9.17, 15) is 9.59 Å². The van der Waals surface area contributed by atoms with Gasteiger partial charge in [-0.3, -0.25) is 4.79 Å². The summed E-state index contributed by atoms with van der Waals surface area (Å²) in [5.74, 6) is 0.156. The first-order valence-corrected chi connectivity index (χ1v) is 6.05. The second kappa shape index (κ2) is 6.38. The van der Waals surface area contributed by atoms with Gasteiger partial charge in [0, 0.05) is 18.3 Å². The number of amides is 2. The molecule has 0 bridgehead atoms. The molecule has 5 nitrogen and oxygen atoms in total. The molecule has 0 aliphatic rings. The monoisotopic (exact) mass is 270 g/mol. The molecule has 2 rings (SSSR count). The van der Waals surface area contributed by atoms with Gasteiger partial charge in [-0.2, -0.15) is 0 Å². The highest BCUT2D eigenvalue weighted by Crippen LogP contribution is 2.14. The molecule has 2 amide bonds. The van der Waals surface area contributed by atoms with Crippen molar-refractivity contribution in [3.05, 3.63) is 60.2 Å². The van der Waals surface area contributed by atoms with E-state index in [1.807, 2.05) is 18.2 Å². The lowest BCUT2D eigenvalue weighted by atomic mass is 10.2. The molecular weight excluding hydrogens is 256 g/mol. The molecule has 0 heterocycles. The molecular formula is C15H14N2O3. The maximum Gasteiger partial charge on any atom is 0.412 e. The summed E-state index contributed by atoms with van der Waals surface area (Å²) in [4.78, 5) is 23.0. The highest BCUT2D eigenvalue weighted by Gasteiger charge is 2.07. The number of hydrogen-bond donors (Lipinski definition) is 2. The van der Waals surface area contributed by atoms with Gasteiger partial charge in [-0.15, -0.1) is 0 Å². The third-order valence-corrected chi connectivity index (χ3v) is 2.56. The molecule has 0 saturated heterocycles. The smallest absolute Gasteiger partial charge is 0.410 e. The Morgan fingerprint density at radius 1 is 0.950 bits per heavy atom. The molecule has 0 radical (unpaired) electrons. The van der Waals surface area contributed by atoms with E-state index < -0.39 is 6.09 Å². The van der Waals surface area contributed by atoms with E-state index in [4.69, 9.17) is 4.74 Å². The number of nitrogens with one attached hydrogen (secondary N) is 2. The number of carbonyl (C=O) groups excluding carboxylic acids is 2. The fraction of sp³-hybridized carbons (Fsp3) is 0.0667. The van der Waals surface area contributed by atoms with Gasteiger partial charge in [-0.25, -0.2) is 4.79 Å². The maximum atomic E-state index is 12.0. The van der Waals surface area contributed by atoms with Gasteiger partial charge in [0.05, 0.1) is 0 Å².